The van der Waals surface area contributed by atoms with Gasteiger partial charge in [-0.15, -0.1) is 0 Å². The third kappa shape index (κ3) is 3.14. The van der Waals surface area contributed by atoms with Crippen molar-refractivity contribution in [2.24, 2.45) is 10.2 Å². The highest BCUT2D eigenvalue weighted by atomic mass is 15.1. The van der Waals surface area contributed by atoms with Gasteiger partial charge in [0, 0.05) is 12.7 Å². The summed E-state index contributed by atoms with van der Waals surface area (Å²) in [4.78, 5) is 0. The molecule has 0 amide bonds. The van der Waals surface area contributed by atoms with Crippen LogP contribution in [0.1, 0.15) is 5.56 Å². The molecule has 2 aromatic rings. The van der Waals surface area contributed by atoms with E-state index in [0.717, 1.165) is 17.1 Å². The van der Waals surface area contributed by atoms with Crippen LogP contribution in [0.4, 0.5) is 17.1 Å². The van der Waals surface area contributed by atoms with E-state index < -0.39 is 0 Å². The normalized spacial score (nSPS) is 10.7. The molecule has 0 aliphatic rings. The van der Waals surface area contributed by atoms with E-state index in [1.807, 2.05) is 62.5 Å². The van der Waals surface area contributed by atoms with Gasteiger partial charge in [-0.1, -0.05) is 12.1 Å². The van der Waals surface area contributed by atoms with E-state index in [2.05, 4.69) is 15.5 Å². The predicted octanol–water partition coefficient (Wildman–Crippen LogP) is 4.45. The van der Waals surface area contributed by atoms with Gasteiger partial charge in [0.25, 0.3) is 0 Å². The zero-order valence-corrected chi connectivity index (χ0v) is 10.0. The second-order valence-corrected chi connectivity index (χ2v) is 3.84. The first-order chi connectivity index (χ1) is 8.28. The molecule has 0 radical (unpaired) electrons. The molecule has 0 fully saturated rings. The zero-order valence-electron chi connectivity index (χ0n) is 10.0. The van der Waals surface area contributed by atoms with Crippen molar-refractivity contribution in [3.8, 4) is 0 Å². The highest BCUT2D eigenvalue weighted by molar-refractivity contribution is 5.50. The van der Waals surface area contributed by atoms with E-state index in [-0.39, 0.29) is 0 Å². The molecule has 86 valence electrons. The number of nitrogens with one attached hydrogen (secondary N) is 1. The Hall–Kier alpha value is -2.16. The molecular formula is C14H15N3. The summed E-state index contributed by atoms with van der Waals surface area (Å²) >= 11 is 0. The predicted molar refractivity (Wildman–Crippen MR) is 71.3 cm³/mol. The summed E-state index contributed by atoms with van der Waals surface area (Å²) in [6.45, 7) is 2.04. The Labute approximate surface area is 101 Å². The van der Waals surface area contributed by atoms with Crippen molar-refractivity contribution in [1.29, 1.82) is 0 Å². The number of hydrogen-bond donors (Lipinski definition) is 1. The van der Waals surface area contributed by atoms with Crippen LogP contribution in [0.2, 0.25) is 0 Å². The van der Waals surface area contributed by atoms with Gasteiger partial charge in [-0.3, -0.25) is 0 Å². The molecule has 0 aliphatic carbocycles. The van der Waals surface area contributed by atoms with E-state index >= 15 is 0 Å². The number of hydrogen-bond acceptors (Lipinski definition) is 3. The first-order valence-corrected chi connectivity index (χ1v) is 5.54. The minimum Gasteiger partial charge on any atom is -0.388 e. The van der Waals surface area contributed by atoms with Gasteiger partial charge in [0.1, 0.15) is 0 Å². The Bertz CT molecular complexity index is 515. The van der Waals surface area contributed by atoms with Gasteiger partial charge < -0.3 is 5.32 Å². The Balaban J connectivity index is 2.14. The first kappa shape index (κ1) is 11.3. The smallest absolute Gasteiger partial charge is 0.0859 e. The minimum absolute atomic E-state index is 0.852. The lowest BCUT2D eigenvalue weighted by molar-refractivity contribution is 1.22. The number of nitrogens with zero attached hydrogens (tertiary/aromatic N) is 2. The first-order valence-electron chi connectivity index (χ1n) is 5.54. The van der Waals surface area contributed by atoms with Gasteiger partial charge in [0.05, 0.1) is 11.4 Å². The Kier molecular flexibility index (Phi) is 3.50. The monoisotopic (exact) mass is 225 g/mol. The molecule has 0 saturated heterocycles. The van der Waals surface area contributed by atoms with Crippen LogP contribution >= 0.6 is 0 Å². The van der Waals surface area contributed by atoms with Crippen molar-refractivity contribution in [1.82, 2.24) is 0 Å². The van der Waals surface area contributed by atoms with Gasteiger partial charge in [-0.25, -0.2) is 0 Å². The Morgan fingerprint density at radius 2 is 1.59 bits per heavy atom. The quantitative estimate of drug-likeness (QED) is 0.769. The fourth-order valence-electron chi connectivity index (χ4n) is 1.50. The molecule has 3 nitrogen and oxygen atoms in total. The number of rotatable bonds is 3. The molecule has 3 heteroatoms. The molecule has 2 aromatic carbocycles. The Morgan fingerprint density at radius 3 is 2.24 bits per heavy atom. The van der Waals surface area contributed by atoms with Crippen LogP contribution in [-0.2, 0) is 0 Å². The molecule has 0 saturated carbocycles. The SMILES string of the molecule is CNc1ccc(N=Nc2cccc(C)c2)cc1. The zero-order chi connectivity index (χ0) is 12.1. The van der Waals surface area contributed by atoms with Crippen molar-refractivity contribution < 1.29 is 0 Å². The van der Waals surface area contributed by atoms with Gasteiger partial charge >= 0.3 is 0 Å². The molecule has 1 N–H and O–H groups in total. The average molecular weight is 225 g/mol. The molecule has 0 aromatic heterocycles. The summed E-state index contributed by atoms with van der Waals surface area (Å²) < 4.78 is 0. The van der Waals surface area contributed by atoms with Crippen LogP contribution in [0.3, 0.4) is 0 Å². The van der Waals surface area contributed by atoms with E-state index in [4.69, 9.17) is 0 Å². The molecule has 0 spiro atoms. The summed E-state index contributed by atoms with van der Waals surface area (Å²) in [6, 6.07) is 15.8. The van der Waals surface area contributed by atoms with Crippen molar-refractivity contribution in [3.05, 3.63) is 54.1 Å². The van der Waals surface area contributed by atoms with Gasteiger partial charge in [-0.2, -0.15) is 10.2 Å². The van der Waals surface area contributed by atoms with Crippen LogP contribution in [0.15, 0.2) is 58.8 Å². The molecule has 0 heterocycles. The van der Waals surface area contributed by atoms with Crippen LogP contribution in [0.25, 0.3) is 0 Å². The summed E-state index contributed by atoms with van der Waals surface area (Å²) in [5, 5.41) is 11.5. The van der Waals surface area contributed by atoms with E-state index in [9.17, 15) is 0 Å². The fraction of sp³-hybridized carbons (Fsp3) is 0.143. The highest BCUT2D eigenvalue weighted by Crippen LogP contribution is 2.20. The van der Waals surface area contributed by atoms with Crippen molar-refractivity contribution in [2.45, 2.75) is 6.92 Å². The highest BCUT2D eigenvalue weighted by Gasteiger charge is 1.92. The molecule has 0 aliphatic heterocycles. The van der Waals surface area contributed by atoms with Gasteiger partial charge in [0.2, 0.25) is 0 Å². The van der Waals surface area contributed by atoms with Gasteiger partial charge in [0.15, 0.2) is 0 Å². The van der Waals surface area contributed by atoms with Crippen molar-refractivity contribution in [3.63, 3.8) is 0 Å². The molecule has 0 bridgehead atoms. The second-order valence-electron chi connectivity index (χ2n) is 3.84. The van der Waals surface area contributed by atoms with Crippen LogP contribution in [0, 0.1) is 6.92 Å². The van der Waals surface area contributed by atoms with Crippen LogP contribution in [-0.4, -0.2) is 7.05 Å². The number of aryl methyl sites for hydroxylation is 1. The lowest BCUT2D eigenvalue weighted by Gasteiger charge is -1.98. The third-order valence-electron chi connectivity index (χ3n) is 2.44. The fourth-order valence-corrected chi connectivity index (χ4v) is 1.50. The Morgan fingerprint density at radius 1 is 0.882 bits per heavy atom. The average Bonchev–Trinajstić information content (AvgIpc) is 2.37. The molecule has 0 atom stereocenters. The maximum atomic E-state index is 4.20. The number of anilines is 1. The van der Waals surface area contributed by atoms with E-state index in [0.29, 0.717) is 0 Å². The van der Waals surface area contributed by atoms with Crippen LogP contribution < -0.4 is 5.32 Å². The van der Waals surface area contributed by atoms with Crippen LogP contribution in [0.5, 0.6) is 0 Å². The summed E-state index contributed by atoms with van der Waals surface area (Å²) in [7, 11) is 1.89. The lowest BCUT2D eigenvalue weighted by Crippen LogP contribution is -1.84. The molecular weight excluding hydrogens is 210 g/mol. The topological polar surface area (TPSA) is 36.8 Å². The molecule has 2 rings (SSSR count). The summed E-state index contributed by atoms with van der Waals surface area (Å²) in [5.74, 6) is 0. The summed E-state index contributed by atoms with van der Waals surface area (Å²) in [6.07, 6.45) is 0. The largest absolute Gasteiger partial charge is 0.388 e. The standard InChI is InChI=1S/C14H15N3/c1-11-4-3-5-14(10-11)17-16-13-8-6-12(15-2)7-9-13/h3-10,15H,1-2H3. The third-order valence-corrected chi connectivity index (χ3v) is 2.44. The van der Waals surface area contributed by atoms with Crippen molar-refractivity contribution in [2.75, 3.05) is 12.4 Å². The minimum atomic E-state index is 0.852. The number of azo groups is 1. The molecule has 17 heavy (non-hydrogen) atoms. The maximum absolute atomic E-state index is 4.20. The van der Waals surface area contributed by atoms with E-state index in [1.54, 1.807) is 0 Å². The molecule has 0 unspecified atom stereocenters. The maximum Gasteiger partial charge on any atom is 0.0859 e. The number of benzene rings is 2. The summed E-state index contributed by atoms with van der Waals surface area (Å²) in [5.41, 5.74) is 3.99. The lowest BCUT2D eigenvalue weighted by atomic mass is 10.2. The second kappa shape index (κ2) is 5.25. The van der Waals surface area contributed by atoms with Gasteiger partial charge in [-0.05, 0) is 48.9 Å². The van der Waals surface area contributed by atoms with Crippen molar-refractivity contribution >= 4 is 17.1 Å². The van der Waals surface area contributed by atoms with E-state index in [1.165, 1.54) is 5.56 Å².